The van der Waals surface area contributed by atoms with Crippen LogP contribution in [0.25, 0.3) is 0 Å². The molecule has 0 radical (unpaired) electrons. The minimum atomic E-state index is -1.52. The zero-order valence-electron chi connectivity index (χ0n) is 22.3. The molecule has 208 valence electrons. The highest BCUT2D eigenvalue weighted by molar-refractivity contribution is 6.30. The number of benzene rings is 1. The van der Waals surface area contributed by atoms with E-state index in [1.54, 1.807) is 17.0 Å². The first kappa shape index (κ1) is 29.7. The number of piperidine rings is 1. The molecular weight excluding hydrogens is 495 g/mol. The van der Waals surface area contributed by atoms with Gasteiger partial charge in [0.2, 0.25) is 5.91 Å². The highest BCUT2D eigenvalue weighted by atomic mass is 35.5. The van der Waals surface area contributed by atoms with Gasteiger partial charge in [0.15, 0.2) is 0 Å². The SMILES string of the molecule is CNCC(CC1CCCCC1)NC(=O)N1CCCC([C@@](O)(CCCNC(C)=O)c2cccc(Cl)c2F)C1. The Morgan fingerprint density at radius 2 is 1.97 bits per heavy atom. The molecule has 2 aliphatic rings. The Hall–Kier alpha value is -1.90. The molecule has 1 saturated heterocycles. The molecule has 4 N–H and O–H groups in total. The maximum Gasteiger partial charge on any atom is 0.317 e. The van der Waals surface area contributed by atoms with Crippen molar-refractivity contribution in [2.45, 2.75) is 82.8 Å². The first-order valence-electron chi connectivity index (χ1n) is 13.9. The molecule has 0 aromatic heterocycles. The van der Waals surface area contributed by atoms with Gasteiger partial charge < -0.3 is 26.0 Å². The number of halogens is 2. The van der Waals surface area contributed by atoms with E-state index in [0.29, 0.717) is 51.4 Å². The smallest absolute Gasteiger partial charge is 0.317 e. The van der Waals surface area contributed by atoms with Crippen LogP contribution in [-0.2, 0) is 10.4 Å². The van der Waals surface area contributed by atoms with Crippen molar-refractivity contribution in [1.82, 2.24) is 20.9 Å². The van der Waals surface area contributed by atoms with Crippen LogP contribution in [0.4, 0.5) is 9.18 Å². The lowest BCUT2D eigenvalue weighted by Crippen LogP contribution is -2.54. The second kappa shape index (κ2) is 14.3. The van der Waals surface area contributed by atoms with Gasteiger partial charge >= 0.3 is 6.03 Å². The summed E-state index contributed by atoms with van der Waals surface area (Å²) in [6.45, 7) is 3.45. The molecule has 2 unspecified atom stereocenters. The minimum absolute atomic E-state index is 0.0409. The molecule has 2 fully saturated rings. The van der Waals surface area contributed by atoms with Crippen LogP contribution in [0.3, 0.4) is 0 Å². The predicted octanol–water partition coefficient (Wildman–Crippen LogP) is 4.56. The minimum Gasteiger partial charge on any atom is -0.385 e. The average molecular weight is 539 g/mol. The fraction of sp³-hybridized carbons (Fsp3) is 0.714. The number of carbonyl (C=O) groups is 2. The molecule has 0 bridgehead atoms. The summed E-state index contributed by atoms with van der Waals surface area (Å²) in [6, 6.07) is 4.59. The van der Waals surface area contributed by atoms with Crippen molar-refractivity contribution in [2.24, 2.45) is 11.8 Å². The monoisotopic (exact) mass is 538 g/mol. The van der Waals surface area contributed by atoms with Gasteiger partial charge in [-0.2, -0.15) is 0 Å². The van der Waals surface area contributed by atoms with Crippen LogP contribution < -0.4 is 16.0 Å². The van der Waals surface area contributed by atoms with Gasteiger partial charge in [0.05, 0.1) is 10.6 Å². The van der Waals surface area contributed by atoms with Gasteiger partial charge in [0.25, 0.3) is 0 Å². The summed E-state index contributed by atoms with van der Waals surface area (Å²) in [5.41, 5.74) is -1.36. The van der Waals surface area contributed by atoms with Gasteiger partial charge in [0.1, 0.15) is 5.82 Å². The fourth-order valence-corrected chi connectivity index (χ4v) is 6.28. The second-order valence-corrected chi connectivity index (χ2v) is 11.2. The number of likely N-dealkylation sites (tertiary alicyclic amines) is 1. The van der Waals surface area contributed by atoms with Gasteiger partial charge in [-0.3, -0.25) is 4.79 Å². The van der Waals surface area contributed by atoms with Crippen LogP contribution in [0, 0.1) is 17.7 Å². The Bertz CT molecular complexity index is 898. The van der Waals surface area contributed by atoms with Gasteiger partial charge in [-0.15, -0.1) is 0 Å². The van der Waals surface area contributed by atoms with Crippen molar-refractivity contribution in [3.05, 3.63) is 34.6 Å². The molecule has 3 atom stereocenters. The predicted molar refractivity (Wildman–Crippen MR) is 145 cm³/mol. The highest BCUT2D eigenvalue weighted by Gasteiger charge is 2.43. The first-order chi connectivity index (χ1) is 17.7. The van der Waals surface area contributed by atoms with E-state index in [-0.39, 0.29) is 40.9 Å². The maximum absolute atomic E-state index is 15.2. The molecule has 1 aliphatic carbocycles. The van der Waals surface area contributed by atoms with E-state index < -0.39 is 11.4 Å². The van der Waals surface area contributed by atoms with Crippen molar-refractivity contribution in [1.29, 1.82) is 0 Å². The standard InChI is InChI=1S/C28H44ClFN4O3/c1-20(35)32-15-8-14-28(37,24-12-6-13-25(29)26(24)30)22-11-7-16-34(19-22)27(36)33-23(18-31-2)17-21-9-4-3-5-10-21/h6,12-13,21-23,31,37H,3-5,7-11,14-19H2,1-2H3,(H,32,35)(H,33,36)/t22?,23?,28-/m0/s1. The van der Waals surface area contributed by atoms with E-state index in [2.05, 4.69) is 16.0 Å². The van der Waals surface area contributed by atoms with Crippen molar-refractivity contribution >= 4 is 23.5 Å². The largest absolute Gasteiger partial charge is 0.385 e. The topological polar surface area (TPSA) is 93.7 Å². The number of aliphatic hydroxyl groups is 1. The lowest BCUT2D eigenvalue weighted by molar-refractivity contribution is -0.119. The van der Waals surface area contributed by atoms with E-state index >= 15 is 4.39 Å². The van der Waals surface area contributed by atoms with E-state index in [0.717, 1.165) is 6.42 Å². The van der Waals surface area contributed by atoms with E-state index in [1.807, 2.05) is 7.05 Å². The van der Waals surface area contributed by atoms with Crippen LogP contribution in [0.15, 0.2) is 18.2 Å². The molecule has 3 rings (SSSR count). The summed E-state index contributed by atoms with van der Waals surface area (Å²) >= 11 is 6.08. The number of rotatable bonds is 11. The molecule has 1 heterocycles. The molecular formula is C28H44ClFN4O3. The number of nitrogens with zero attached hydrogens (tertiary/aromatic N) is 1. The number of carbonyl (C=O) groups excluding carboxylic acids is 2. The third-order valence-electron chi connectivity index (χ3n) is 8.03. The third kappa shape index (κ3) is 8.29. The summed E-state index contributed by atoms with van der Waals surface area (Å²) < 4.78 is 15.2. The molecule has 7 nitrogen and oxygen atoms in total. The lowest BCUT2D eigenvalue weighted by Gasteiger charge is -2.43. The molecule has 1 aromatic carbocycles. The molecule has 1 aliphatic heterocycles. The van der Waals surface area contributed by atoms with E-state index in [9.17, 15) is 14.7 Å². The number of likely N-dealkylation sites (N-methyl/N-ethyl adjacent to an activating group) is 1. The number of hydrogen-bond donors (Lipinski definition) is 4. The second-order valence-electron chi connectivity index (χ2n) is 10.8. The van der Waals surface area contributed by atoms with Crippen molar-refractivity contribution in [2.75, 3.05) is 33.2 Å². The van der Waals surface area contributed by atoms with E-state index in [1.165, 1.54) is 45.1 Å². The van der Waals surface area contributed by atoms with Crippen molar-refractivity contribution in [3.8, 4) is 0 Å². The number of amides is 3. The first-order valence-corrected chi connectivity index (χ1v) is 14.2. The molecule has 37 heavy (non-hydrogen) atoms. The van der Waals surface area contributed by atoms with Crippen molar-refractivity contribution < 1.29 is 19.1 Å². The molecule has 9 heteroatoms. The van der Waals surface area contributed by atoms with Gasteiger partial charge in [-0.1, -0.05) is 55.8 Å². The Kier molecular flexibility index (Phi) is 11.5. The van der Waals surface area contributed by atoms with Gasteiger partial charge in [-0.05, 0) is 51.1 Å². The zero-order chi connectivity index (χ0) is 26.8. The molecule has 1 saturated carbocycles. The summed E-state index contributed by atoms with van der Waals surface area (Å²) in [5, 5.41) is 21.1. The zero-order valence-corrected chi connectivity index (χ0v) is 23.1. The molecule has 1 aromatic rings. The Morgan fingerprint density at radius 3 is 2.68 bits per heavy atom. The Labute approximate surface area is 225 Å². The summed E-state index contributed by atoms with van der Waals surface area (Å²) in [5.74, 6) is -0.504. The van der Waals surface area contributed by atoms with Gasteiger partial charge in [-0.25, -0.2) is 9.18 Å². The Morgan fingerprint density at radius 1 is 1.22 bits per heavy atom. The lowest BCUT2D eigenvalue weighted by atomic mass is 9.74. The third-order valence-corrected chi connectivity index (χ3v) is 8.32. The van der Waals surface area contributed by atoms with Crippen molar-refractivity contribution in [3.63, 3.8) is 0 Å². The molecule has 3 amide bonds. The van der Waals surface area contributed by atoms with Crippen LogP contribution in [0.5, 0.6) is 0 Å². The summed E-state index contributed by atoms with van der Waals surface area (Å²) in [4.78, 5) is 26.4. The van der Waals surface area contributed by atoms with Crippen LogP contribution >= 0.6 is 11.6 Å². The van der Waals surface area contributed by atoms with Crippen LogP contribution in [-0.4, -0.2) is 61.2 Å². The normalized spacial score (nSPS) is 21.2. The summed E-state index contributed by atoms with van der Waals surface area (Å²) in [7, 11) is 1.90. The van der Waals surface area contributed by atoms with E-state index in [4.69, 9.17) is 11.6 Å². The number of urea groups is 1. The number of hydrogen-bond acceptors (Lipinski definition) is 4. The van der Waals surface area contributed by atoms with Crippen LogP contribution in [0.1, 0.15) is 76.7 Å². The van der Waals surface area contributed by atoms with Gasteiger partial charge in [0, 0.05) is 50.6 Å². The highest BCUT2D eigenvalue weighted by Crippen LogP contribution is 2.41. The quantitative estimate of drug-likeness (QED) is 0.311. The summed E-state index contributed by atoms with van der Waals surface area (Å²) in [6.07, 6.45) is 9.32. The average Bonchev–Trinajstić information content (AvgIpc) is 2.89. The van der Waals surface area contributed by atoms with Crippen LogP contribution in [0.2, 0.25) is 5.02 Å². The molecule has 0 spiro atoms. The maximum atomic E-state index is 15.2. The Balaban J connectivity index is 1.72. The fourth-order valence-electron chi connectivity index (χ4n) is 6.10. The number of nitrogens with one attached hydrogen (secondary N) is 3.